The smallest absolute Gasteiger partial charge is 0.255 e. The molecule has 0 saturated heterocycles. The van der Waals surface area contributed by atoms with E-state index >= 15 is 0 Å². The van der Waals surface area contributed by atoms with Crippen LogP contribution in [0.1, 0.15) is 23.1 Å². The number of aliphatic hydroxyl groups excluding tert-OH is 2. The first kappa shape index (κ1) is 22.0. The Morgan fingerprint density at radius 2 is 1.88 bits per heavy atom. The Bertz CT molecular complexity index is 1140. The van der Waals surface area contributed by atoms with Gasteiger partial charge in [0.15, 0.2) is 11.4 Å². The molecule has 1 fully saturated rings. The zero-order chi connectivity index (χ0) is 23.7. The maximum Gasteiger partial charge on any atom is 0.255 e. The normalized spacial score (nSPS) is 29.7. The van der Waals surface area contributed by atoms with Gasteiger partial charge in [-0.2, -0.15) is 0 Å². The number of amides is 1. The molecule has 10 heteroatoms. The van der Waals surface area contributed by atoms with Crippen LogP contribution >= 0.6 is 0 Å². The predicted molar refractivity (Wildman–Crippen MR) is 112 cm³/mol. The van der Waals surface area contributed by atoms with E-state index in [0.29, 0.717) is 11.1 Å². The summed E-state index contributed by atoms with van der Waals surface area (Å²) in [5, 5.41) is 43.8. The molecule has 10 nitrogen and oxygen atoms in total. The van der Waals surface area contributed by atoms with E-state index in [1.807, 2.05) is 0 Å². The molecule has 170 valence electrons. The molecule has 32 heavy (non-hydrogen) atoms. The molecule has 0 radical (unpaired) electrons. The molecule has 0 bridgehead atoms. The lowest BCUT2D eigenvalue weighted by Crippen LogP contribution is -2.65. The lowest BCUT2D eigenvalue weighted by molar-refractivity contribution is -0.153. The number of primary amides is 1. The van der Waals surface area contributed by atoms with Crippen molar-refractivity contribution >= 4 is 23.2 Å². The van der Waals surface area contributed by atoms with E-state index in [2.05, 4.69) is 0 Å². The number of hydrogen-bond acceptors (Lipinski definition) is 9. The number of carbonyl (C=O) groups is 3. The van der Waals surface area contributed by atoms with Crippen molar-refractivity contribution in [3.63, 3.8) is 0 Å². The number of Topliss-reactive ketones (excluding diaryl/α,β-unsaturated/α-hetero) is 2. The maximum absolute atomic E-state index is 13.6. The predicted octanol–water partition coefficient (Wildman–Crippen LogP) is -0.577. The Hall–Kier alpha value is -3.21. The Kier molecular flexibility index (Phi) is 4.92. The molecule has 8 N–H and O–H groups in total. The standard InChI is InChI=1S/C22H25N3O7/c1-25(2)15-11-6-10-5-8-3-4-9(7-23)16(26)12(8)17(27)13(10)19(29)22(11,32)20(30)14(18(15)28)21(24)31/h3-4,10-11,15,26-27,30,32H,5-7,23H2,1-2H3,(H2,24,31)/t10-,11-,15-,22-/m1/s1. The number of nitrogens with two attached hydrogens (primary N) is 2. The van der Waals surface area contributed by atoms with Gasteiger partial charge >= 0.3 is 0 Å². The second-order valence-corrected chi connectivity index (χ2v) is 8.77. The number of carbonyl (C=O) groups excluding carboxylic acids is 3. The highest BCUT2D eigenvalue weighted by Gasteiger charge is 2.64. The Morgan fingerprint density at radius 1 is 1.22 bits per heavy atom. The topological polar surface area (TPSA) is 187 Å². The van der Waals surface area contributed by atoms with E-state index in [-0.39, 0.29) is 36.3 Å². The first-order chi connectivity index (χ1) is 15.0. The Morgan fingerprint density at radius 3 is 2.44 bits per heavy atom. The van der Waals surface area contributed by atoms with E-state index in [0.717, 1.165) is 0 Å². The minimum Gasteiger partial charge on any atom is -0.508 e. The third-order valence-corrected chi connectivity index (χ3v) is 6.90. The van der Waals surface area contributed by atoms with Gasteiger partial charge in [0, 0.05) is 23.6 Å². The monoisotopic (exact) mass is 443 g/mol. The lowest BCUT2D eigenvalue weighted by atomic mass is 9.57. The van der Waals surface area contributed by atoms with E-state index in [4.69, 9.17) is 11.5 Å². The summed E-state index contributed by atoms with van der Waals surface area (Å²) < 4.78 is 0. The van der Waals surface area contributed by atoms with Crippen LogP contribution in [0.5, 0.6) is 5.75 Å². The first-order valence-corrected chi connectivity index (χ1v) is 10.1. The fraction of sp³-hybridized carbons (Fsp3) is 0.409. The van der Waals surface area contributed by atoms with Crippen LogP contribution in [-0.4, -0.2) is 68.5 Å². The fourth-order valence-electron chi connectivity index (χ4n) is 5.43. The zero-order valence-electron chi connectivity index (χ0n) is 17.6. The van der Waals surface area contributed by atoms with E-state index in [1.165, 1.54) is 4.90 Å². The van der Waals surface area contributed by atoms with Gasteiger partial charge in [0.05, 0.1) is 11.6 Å². The molecule has 0 aromatic heterocycles. The van der Waals surface area contributed by atoms with Gasteiger partial charge in [0.25, 0.3) is 5.91 Å². The van der Waals surface area contributed by atoms with Crippen LogP contribution in [0.25, 0.3) is 5.76 Å². The van der Waals surface area contributed by atoms with Gasteiger partial charge in [0.1, 0.15) is 22.8 Å². The molecule has 0 heterocycles. The van der Waals surface area contributed by atoms with Gasteiger partial charge in [0.2, 0.25) is 5.78 Å². The van der Waals surface area contributed by atoms with Gasteiger partial charge in [-0.1, -0.05) is 12.1 Å². The number of benzene rings is 1. The number of aliphatic hydroxyl groups is 3. The van der Waals surface area contributed by atoms with E-state index < -0.39 is 58.0 Å². The summed E-state index contributed by atoms with van der Waals surface area (Å²) in [6.07, 6.45) is 0.318. The molecule has 1 aromatic carbocycles. The van der Waals surface area contributed by atoms with Crippen LogP contribution in [0.4, 0.5) is 0 Å². The average Bonchev–Trinajstić information content (AvgIpc) is 2.70. The first-order valence-electron chi connectivity index (χ1n) is 10.1. The fourth-order valence-corrected chi connectivity index (χ4v) is 5.43. The largest absolute Gasteiger partial charge is 0.508 e. The molecule has 3 aliphatic rings. The number of phenols is 1. The summed E-state index contributed by atoms with van der Waals surface area (Å²) in [6, 6.07) is 2.24. The van der Waals surface area contributed by atoms with Crippen molar-refractivity contribution < 1.29 is 34.8 Å². The molecule has 0 unspecified atom stereocenters. The molecule has 0 spiro atoms. The van der Waals surface area contributed by atoms with E-state index in [1.54, 1.807) is 26.2 Å². The summed E-state index contributed by atoms with van der Waals surface area (Å²) in [5.74, 6) is -6.63. The third kappa shape index (κ3) is 2.66. The highest BCUT2D eigenvalue weighted by Crippen LogP contribution is 2.52. The van der Waals surface area contributed by atoms with Gasteiger partial charge in [-0.25, -0.2) is 0 Å². The van der Waals surface area contributed by atoms with Crippen LogP contribution in [0, 0.1) is 11.8 Å². The molecular formula is C22H25N3O7. The zero-order valence-corrected chi connectivity index (χ0v) is 17.6. The van der Waals surface area contributed by atoms with Crippen LogP contribution in [-0.2, 0) is 27.3 Å². The third-order valence-electron chi connectivity index (χ3n) is 6.90. The van der Waals surface area contributed by atoms with Crippen molar-refractivity contribution in [1.82, 2.24) is 4.90 Å². The number of hydrogen-bond donors (Lipinski definition) is 6. The van der Waals surface area contributed by atoms with Crippen LogP contribution in [0.15, 0.2) is 29.0 Å². The highest BCUT2D eigenvalue weighted by molar-refractivity contribution is 6.24. The van der Waals surface area contributed by atoms with Crippen molar-refractivity contribution in [2.45, 2.75) is 31.0 Å². The van der Waals surface area contributed by atoms with Gasteiger partial charge in [-0.05, 0) is 38.4 Å². The van der Waals surface area contributed by atoms with Gasteiger partial charge in [-0.15, -0.1) is 0 Å². The van der Waals surface area contributed by atoms with Crippen molar-refractivity contribution in [1.29, 1.82) is 0 Å². The van der Waals surface area contributed by atoms with Crippen LogP contribution in [0.3, 0.4) is 0 Å². The number of rotatable bonds is 3. The molecule has 1 aromatic rings. The van der Waals surface area contributed by atoms with Crippen LogP contribution < -0.4 is 11.5 Å². The minimum absolute atomic E-state index is 0.00321. The summed E-state index contributed by atoms with van der Waals surface area (Å²) in [6.45, 7) is 0.00321. The number of fused-ring (bicyclic) bond motifs is 3. The van der Waals surface area contributed by atoms with Crippen LogP contribution in [0.2, 0.25) is 0 Å². The van der Waals surface area contributed by atoms with Gasteiger partial charge in [-0.3, -0.25) is 19.3 Å². The summed E-state index contributed by atoms with van der Waals surface area (Å²) in [7, 11) is 3.11. The SMILES string of the molecule is CN(C)[C@H]1C(=O)C(C(N)=O)=C(O)[C@]2(O)C(=O)C3=C(O)c4c(ccc(CN)c4O)C[C@@H]3C[C@H]12. The lowest BCUT2D eigenvalue weighted by Gasteiger charge is -2.50. The number of phenolic OH excluding ortho intramolecular Hbond substituents is 1. The second kappa shape index (κ2) is 7.16. The molecule has 4 rings (SSSR count). The van der Waals surface area contributed by atoms with Crippen molar-refractivity contribution in [2.75, 3.05) is 14.1 Å². The molecular weight excluding hydrogens is 418 g/mol. The number of nitrogens with zero attached hydrogens (tertiary/aromatic N) is 1. The van der Waals surface area contributed by atoms with E-state index in [9.17, 15) is 34.8 Å². The molecule has 0 aliphatic heterocycles. The quantitative estimate of drug-likeness (QED) is 0.332. The summed E-state index contributed by atoms with van der Waals surface area (Å²) in [4.78, 5) is 40.0. The second-order valence-electron chi connectivity index (χ2n) is 8.77. The maximum atomic E-state index is 13.6. The van der Waals surface area contributed by atoms with Gasteiger partial charge < -0.3 is 31.9 Å². The van der Waals surface area contributed by atoms with Crippen molar-refractivity contribution in [3.8, 4) is 5.75 Å². The number of ketones is 2. The molecule has 1 amide bonds. The minimum atomic E-state index is -2.63. The molecule has 3 aliphatic carbocycles. The number of likely N-dealkylation sites (N-methyl/N-ethyl adjacent to an activating group) is 1. The number of aromatic hydroxyl groups is 1. The van der Waals surface area contributed by atoms with Crippen molar-refractivity contribution in [2.24, 2.45) is 23.3 Å². The van der Waals surface area contributed by atoms with Crippen molar-refractivity contribution in [3.05, 3.63) is 45.7 Å². The summed E-state index contributed by atoms with van der Waals surface area (Å²) >= 11 is 0. The summed E-state index contributed by atoms with van der Waals surface area (Å²) in [5.41, 5.74) is 8.27. The molecule has 4 atom stereocenters. The Balaban J connectivity index is 1.97. The molecule has 1 saturated carbocycles. The Labute approximate surface area is 183 Å². The highest BCUT2D eigenvalue weighted by atomic mass is 16.3. The average molecular weight is 443 g/mol.